The predicted molar refractivity (Wildman–Crippen MR) is 59.1 cm³/mol. The Bertz CT molecular complexity index is 485. The van der Waals surface area contributed by atoms with Crippen LogP contribution in [0.1, 0.15) is 23.0 Å². The average Bonchev–Trinajstić information content (AvgIpc) is 2.86. The number of nitrogens with one attached hydrogen (secondary N) is 2. The summed E-state index contributed by atoms with van der Waals surface area (Å²) in [5.41, 5.74) is 2.05. The van der Waals surface area contributed by atoms with Crippen LogP contribution in [0.25, 0.3) is 0 Å². The van der Waals surface area contributed by atoms with Crippen molar-refractivity contribution in [3.05, 3.63) is 29.8 Å². The van der Waals surface area contributed by atoms with Gasteiger partial charge in [0.15, 0.2) is 0 Å². The van der Waals surface area contributed by atoms with Gasteiger partial charge in [-0.3, -0.25) is 14.6 Å². The quantitative estimate of drug-likeness (QED) is 0.807. The van der Waals surface area contributed by atoms with E-state index in [-0.39, 0.29) is 5.91 Å². The first-order chi connectivity index (χ1) is 7.70. The maximum atomic E-state index is 11.9. The maximum Gasteiger partial charge on any atom is 0.259 e. The number of carbonyl (C=O) groups is 1. The molecule has 0 saturated heterocycles. The molecule has 0 bridgehead atoms. The van der Waals surface area contributed by atoms with Crippen LogP contribution in [0.5, 0.6) is 0 Å². The Morgan fingerprint density at radius 1 is 1.62 bits per heavy atom. The largest absolute Gasteiger partial charge is 0.319 e. The second kappa shape index (κ2) is 4.18. The summed E-state index contributed by atoms with van der Waals surface area (Å²) in [5.74, 6) is -0.161. The first kappa shape index (κ1) is 10.4. The van der Waals surface area contributed by atoms with Crippen molar-refractivity contribution in [2.24, 2.45) is 7.05 Å². The Morgan fingerprint density at radius 3 is 3.06 bits per heavy atom. The summed E-state index contributed by atoms with van der Waals surface area (Å²) in [4.78, 5) is 11.9. The highest BCUT2D eigenvalue weighted by molar-refractivity contribution is 6.04. The lowest BCUT2D eigenvalue weighted by Gasteiger charge is -2.00. The number of aromatic nitrogens is 4. The van der Waals surface area contributed by atoms with E-state index in [0.717, 1.165) is 12.1 Å². The first-order valence-electron chi connectivity index (χ1n) is 5.03. The molecular weight excluding hydrogens is 206 g/mol. The lowest BCUT2D eigenvalue weighted by atomic mass is 10.2. The number of rotatable bonds is 3. The van der Waals surface area contributed by atoms with Gasteiger partial charge < -0.3 is 5.32 Å². The molecule has 2 rings (SSSR count). The Hall–Kier alpha value is -2.11. The van der Waals surface area contributed by atoms with Crippen LogP contribution in [0.4, 0.5) is 5.69 Å². The van der Waals surface area contributed by atoms with Gasteiger partial charge in [-0.25, -0.2) is 0 Å². The summed E-state index contributed by atoms with van der Waals surface area (Å²) in [5, 5.41) is 13.3. The molecule has 2 aromatic heterocycles. The van der Waals surface area contributed by atoms with Gasteiger partial charge in [0, 0.05) is 19.4 Å². The van der Waals surface area contributed by atoms with Gasteiger partial charge in [-0.2, -0.15) is 10.2 Å². The van der Waals surface area contributed by atoms with Crippen molar-refractivity contribution in [1.29, 1.82) is 0 Å². The SMILES string of the molecule is CCc1nn(C)cc1C(=O)Nc1cn[nH]c1. The van der Waals surface area contributed by atoms with Gasteiger partial charge in [-0.05, 0) is 6.42 Å². The number of anilines is 1. The molecule has 0 atom stereocenters. The summed E-state index contributed by atoms with van der Waals surface area (Å²) in [6, 6.07) is 0. The zero-order valence-corrected chi connectivity index (χ0v) is 9.19. The molecule has 1 amide bonds. The van der Waals surface area contributed by atoms with Crippen molar-refractivity contribution in [3.8, 4) is 0 Å². The maximum absolute atomic E-state index is 11.9. The molecule has 0 spiro atoms. The normalized spacial score (nSPS) is 10.4. The molecule has 0 aliphatic carbocycles. The first-order valence-corrected chi connectivity index (χ1v) is 5.03. The molecule has 2 heterocycles. The van der Waals surface area contributed by atoms with Gasteiger partial charge in [-0.1, -0.05) is 6.92 Å². The van der Waals surface area contributed by atoms with Gasteiger partial charge in [0.2, 0.25) is 0 Å². The van der Waals surface area contributed by atoms with E-state index in [1.54, 1.807) is 30.3 Å². The number of aryl methyl sites for hydroxylation is 2. The van der Waals surface area contributed by atoms with Crippen molar-refractivity contribution < 1.29 is 4.79 Å². The van der Waals surface area contributed by atoms with Gasteiger partial charge in [-0.15, -0.1) is 0 Å². The minimum absolute atomic E-state index is 0.161. The molecule has 84 valence electrons. The molecule has 16 heavy (non-hydrogen) atoms. The highest BCUT2D eigenvalue weighted by atomic mass is 16.1. The highest BCUT2D eigenvalue weighted by Gasteiger charge is 2.14. The van der Waals surface area contributed by atoms with Crippen molar-refractivity contribution in [2.45, 2.75) is 13.3 Å². The minimum Gasteiger partial charge on any atom is -0.319 e. The number of hydrogen-bond donors (Lipinski definition) is 2. The molecule has 2 N–H and O–H groups in total. The standard InChI is InChI=1S/C10H13N5O/c1-3-9-8(6-15(2)14-9)10(16)13-7-4-11-12-5-7/h4-6H,3H2,1-2H3,(H,11,12)(H,13,16). The van der Waals surface area contributed by atoms with Crippen LogP contribution < -0.4 is 5.32 Å². The molecular formula is C10H13N5O. The number of amides is 1. The van der Waals surface area contributed by atoms with Gasteiger partial charge in [0.25, 0.3) is 5.91 Å². The highest BCUT2D eigenvalue weighted by Crippen LogP contribution is 2.10. The zero-order valence-electron chi connectivity index (χ0n) is 9.19. The van der Waals surface area contributed by atoms with E-state index in [9.17, 15) is 4.79 Å². The molecule has 6 nitrogen and oxygen atoms in total. The third-order valence-corrected chi connectivity index (χ3v) is 2.24. The number of carbonyl (C=O) groups excluding carboxylic acids is 1. The van der Waals surface area contributed by atoms with E-state index < -0.39 is 0 Å². The van der Waals surface area contributed by atoms with Crippen LogP contribution in [0.3, 0.4) is 0 Å². The topological polar surface area (TPSA) is 75.6 Å². The Balaban J connectivity index is 2.20. The van der Waals surface area contributed by atoms with Crippen molar-refractivity contribution in [3.63, 3.8) is 0 Å². The Kier molecular flexibility index (Phi) is 2.72. The van der Waals surface area contributed by atoms with Crippen LogP contribution in [-0.2, 0) is 13.5 Å². The number of nitrogens with zero attached hydrogens (tertiary/aromatic N) is 3. The van der Waals surface area contributed by atoms with Gasteiger partial charge in [0.05, 0.1) is 23.1 Å². The molecule has 0 aromatic carbocycles. The Morgan fingerprint density at radius 2 is 2.44 bits per heavy atom. The van der Waals surface area contributed by atoms with Gasteiger partial charge >= 0.3 is 0 Å². The lowest BCUT2D eigenvalue weighted by molar-refractivity contribution is 0.102. The van der Waals surface area contributed by atoms with E-state index in [4.69, 9.17) is 0 Å². The van der Waals surface area contributed by atoms with E-state index in [0.29, 0.717) is 11.3 Å². The molecule has 2 aromatic rings. The van der Waals surface area contributed by atoms with E-state index >= 15 is 0 Å². The lowest BCUT2D eigenvalue weighted by Crippen LogP contribution is -2.12. The fourth-order valence-corrected chi connectivity index (χ4v) is 1.50. The third-order valence-electron chi connectivity index (χ3n) is 2.24. The van der Waals surface area contributed by atoms with Crippen molar-refractivity contribution in [1.82, 2.24) is 20.0 Å². The average molecular weight is 219 g/mol. The molecule has 0 aliphatic rings. The number of hydrogen-bond acceptors (Lipinski definition) is 3. The van der Waals surface area contributed by atoms with Crippen LogP contribution in [0.15, 0.2) is 18.6 Å². The fraction of sp³-hybridized carbons (Fsp3) is 0.300. The van der Waals surface area contributed by atoms with Gasteiger partial charge in [0.1, 0.15) is 0 Å². The van der Waals surface area contributed by atoms with E-state index in [1.165, 1.54) is 0 Å². The summed E-state index contributed by atoms with van der Waals surface area (Å²) in [6.45, 7) is 1.97. The van der Waals surface area contributed by atoms with Crippen LogP contribution >= 0.6 is 0 Å². The summed E-state index contributed by atoms with van der Waals surface area (Å²) in [7, 11) is 1.80. The summed E-state index contributed by atoms with van der Waals surface area (Å²) >= 11 is 0. The molecule has 0 aliphatic heterocycles. The van der Waals surface area contributed by atoms with Crippen molar-refractivity contribution >= 4 is 11.6 Å². The molecule has 0 radical (unpaired) electrons. The van der Waals surface area contributed by atoms with Crippen LogP contribution in [-0.4, -0.2) is 25.9 Å². The molecule has 0 fully saturated rings. The monoisotopic (exact) mass is 219 g/mol. The molecule has 0 saturated carbocycles. The zero-order chi connectivity index (χ0) is 11.5. The third kappa shape index (κ3) is 1.95. The van der Waals surface area contributed by atoms with E-state index in [2.05, 4.69) is 20.6 Å². The second-order valence-electron chi connectivity index (χ2n) is 3.46. The smallest absolute Gasteiger partial charge is 0.259 e. The minimum atomic E-state index is -0.161. The summed E-state index contributed by atoms with van der Waals surface area (Å²) < 4.78 is 1.64. The summed E-state index contributed by atoms with van der Waals surface area (Å²) in [6.07, 6.45) is 5.63. The van der Waals surface area contributed by atoms with E-state index in [1.807, 2.05) is 6.92 Å². The predicted octanol–water partition coefficient (Wildman–Crippen LogP) is 0.958. The Labute approximate surface area is 92.7 Å². The fourth-order valence-electron chi connectivity index (χ4n) is 1.50. The second-order valence-corrected chi connectivity index (χ2v) is 3.46. The van der Waals surface area contributed by atoms with Crippen molar-refractivity contribution in [2.75, 3.05) is 5.32 Å². The molecule has 6 heteroatoms. The number of H-pyrrole nitrogens is 1. The van der Waals surface area contributed by atoms with Crippen LogP contribution in [0.2, 0.25) is 0 Å². The van der Waals surface area contributed by atoms with Crippen LogP contribution in [0, 0.1) is 0 Å². The molecule has 0 unspecified atom stereocenters. The number of aromatic amines is 1.